The fourth-order valence-electron chi connectivity index (χ4n) is 3.46. The van der Waals surface area contributed by atoms with Gasteiger partial charge in [0.1, 0.15) is 5.58 Å². The van der Waals surface area contributed by atoms with E-state index in [0.717, 1.165) is 17.7 Å². The van der Waals surface area contributed by atoms with Crippen molar-refractivity contribution in [3.8, 4) is 17.1 Å². The first-order valence-corrected chi connectivity index (χ1v) is 10.9. The molecule has 0 fully saturated rings. The van der Waals surface area contributed by atoms with Gasteiger partial charge in [-0.05, 0) is 44.2 Å². The minimum absolute atomic E-state index is 0.0835. The van der Waals surface area contributed by atoms with Crippen molar-refractivity contribution in [1.29, 1.82) is 0 Å². The molecule has 0 aliphatic carbocycles. The molecule has 3 aromatic carbocycles. The third-order valence-electron chi connectivity index (χ3n) is 5.28. The van der Waals surface area contributed by atoms with Crippen LogP contribution in [0.25, 0.3) is 22.3 Å². The third-order valence-corrected chi connectivity index (χ3v) is 5.51. The molecule has 0 saturated heterocycles. The highest BCUT2D eigenvalue weighted by Gasteiger charge is 2.34. The summed E-state index contributed by atoms with van der Waals surface area (Å²) in [4.78, 5) is 26.1. The van der Waals surface area contributed by atoms with Crippen molar-refractivity contribution in [2.45, 2.75) is 26.1 Å². The molecule has 5 nitrogen and oxygen atoms in total. The summed E-state index contributed by atoms with van der Waals surface area (Å²) in [7, 11) is 0. The van der Waals surface area contributed by atoms with Crippen LogP contribution in [-0.2, 0) is 11.0 Å². The van der Waals surface area contributed by atoms with Crippen molar-refractivity contribution >= 4 is 34.2 Å². The minimum atomic E-state index is -4.66. The average molecular weight is 502 g/mol. The molecule has 180 valence electrons. The molecule has 0 aliphatic heterocycles. The molecule has 1 N–H and O–H groups in total. The molecular weight excluding hydrogens is 483 g/mol. The van der Waals surface area contributed by atoms with Crippen LogP contribution in [0.4, 0.5) is 18.9 Å². The predicted molar refractivity (Wildman–Crippen MR) is 128 cm³/mol. The van der Waals surface area contributed by atoms with Gasteiger partial charge < -0.3 is 14.5 Å². The Morgan fingerprint density at radius 2 is 1.74 bits per heavy atom. The Morgan fingerprint density at radius 3 is 2.43 bits per heavy atom. The number of para-hydroxylation sites is 1. The number of anilines is 1. The minimum Gasteiger partial charge on any atom is -0.473 e. The van der Waals surface area contributed by atoms with Gasteiger partial charge in [-0.1, -0.05) is 53.6 Å². The maximum Gasteiger partial charge on any atom is 0.418 e. The maximum absolute atomic E-state index is 13.3. The van der Waals surface area contributed by atoms with E-state index in [-0.39, 0.29) is 22.5 Å². The molecule has 1 amide bonds. The topological polar surface area (TPSA) is 68.5 Å². The van der Waals surface area contributed by atoms with Crippen molar-refractivity contribution in [2.75, 3.05) is 5.32 Å². The Bertz CT molecular complexity index is 1460. The average Bonchev–Trinajstić information content (AvgIpc) is 2.81. The van der Waals surface area contributed by atoms with E-state index in [1.807, 2.05) is 19.1 Å². The molecule has 4 aromatic rings. The van der Waals surface area contributed by atoms with E-state index in [4.69, 9.17) is 20.8 Å². The van der Waals surface area contributed by atoms with E-state index >= 15 is 0 Å². The number of benzene rings is 3. The summed E-state index contributed by atoms with van der Waals surface area (Å²) < 4.78 is 51.6. The first-order valence-electron chi connectivity index (χ1n) is 10.5. The van der Waals surface area contributed by atoms with Crippen molar-refractivity contribution in [2.24, 2.45) is 0 Å². The van der Waals surface area contributed by atoms with E-state index in [0.29, 0.717) is 10.6 Å². The van der Waals surface area contributed by atoms with Crippen molar-refractivity contribution in [3.63, 3.8) is 0 Å². The second-order valence-electron chi connectivity index (χ2n) is 7.89. The Hall–Kier alpha value is -3.78. The number of rotatable bonds is 5. The van der Waals surface area contributed by atoms with Gasteiger partial charge in [-0.25, -0.2) is 0 Å². The van der Waals surface area contributed by atoms with Gasteiger partial charge in [-0.2, -0.15) is 13.2 Å². The number of nitrogens with one attached hydrogen (secondary N) is 1. The van der Waals surface area contributed by atoms with Gasteiger partial charge in [0, 0.05) is 10.6 Å². The number of hydrogen-bond donors (Lipinski definition) is 1. The van der Waals surface area contributed by atoms with E-state index < -0.39 is 34.9 Å². The lowest BCUT2D eigenvalue weighted by molar-refractivity contribution is -0.137. The number of alkyl halides is 3. The highest BCUT2D eigenvalue weighted by molar-refractivity contribution is 6.31. The molecule has 0 saturated carbocycles. The Morgan fingerprint density at radius 1 is 1.06 bits per heavy atom. The molecule has 4 rings (SSSR count). The van der Waals surface area contributed by atoms with Gasteiger partial charge in [0.15, 0.2) is 11.9 Å². The lowest BCUT2D eigenvalue weighted by Crippen LogP contribution is -2.32. The summed E-state index contributed by atoms with van der Waals surface area (Å²) in [5, 5.41) is 2.67. The lowest BCUT2D eigenvalue weighted by Gasteiger charge is -2.18. The molecule has 1 atom stereocenters. The van der Waals surface area contributed by atoms with Crippen LogP contribution in [0.2, 0.25) is 5.02 Å². The van der Waals surface area contributed by atoms with Gasteiger partial charge in [0.2, 0.25) is 11.2 Å². The van der Waals surface area contributed by atoms with Crippen LogP contribution in [0, 0.1) is 6.92 Å². The van der Waals surface area contributed by atoms with E-state index in [2.05, 4.69) is 5.32 Å². The molecule has 9 heteroatoms. The fourth-order valence-corrected chi connectivity index (χ4v) is 3.63. The summed E-state index contributed by atoms with van der Waals surface area (Å²) in [5.41, 5.74) is -0.229. The van der Waals surface area contributed by atoms with E-state index in [1.54, 1.807) is 24.3 Å². The molecular formula is C26H19ClF3NO4. The van der Waals surface area contributed by atoms with Gasteiger partial charge in [-0.15, -0.1) is 0 Å². The second kappa shape index (κ2) is 9.46. The number of aryl methyl sites for hydroxylation is 1. The maximum atomic E-state index is 13.3. The number of carbonyl (C=O) groups excluding carboxylic acids is 1. The number of halogens is 4. The molecule has 0 radical (unpaired) electrons. The zero-order valence-corrected chi connectivity index (χ0v) is 19.3. The van der Waals surface area contributed by atoms with Crippen LogP contribution >= 0.6 is 11.6 Å². The molecule has 1 heterocycles. The lowest BCUT2D eigenvalue weighted by atomic mass is 10.1. The van der Waals surface area contributed by atoms with Crippen molar-refractivity contribution in [3.05, 3.63) is 93.1 Å². The monoisotopic (exact) mass is 501 g/mol. The molecule has 0 bridgehead atoms. The number of fused-ring (bicyclic) bond motifs is 1. The van der Waals surface area contributed by atoms with Gasteiger partial charge in [0.05, 0.1) is 16.6 Å². The van der Waals surface area contributed by atoms with Crippen molar-refractivity contribution < 1.29 is 27.1 Å². The SMILES string of the molecule is Cc1ccc(-c2oc3ccc(Cl)cc3c(=O)c2O[C@H](C)C(=O)Nc2ccccc2C(F)(F)F)cc1. The Kier molecular flexibility index (Phi) is 6.58. The van der Waals surface area contributed by atoms with E-state index in [1.165, 1.54) is 25.1 Å². The molecule has 35 heavy (non-hydrogen) atoms. The summed E-state index contributed by atoms with van der Waals surface area (Å²) >= 11 is 6.04. The Balaban J connectivity index is 1.73. The normalized spacial score (nSPS) is 12.4. The first kappa shape index (κ1) is 24.3. The van der Waals surface area contributed by atoms with Crippen LogP contribution in [0.3, 0.4) is 0 Å². The number of hydrogen-bond acceptors (Lipinski definition) is 4. The smallest absolute Gasteiger partial charge is 0.418 e. The van der Waals surface area contributed by atoms with Gasteiger partial charge in [-0.3, -0.25) is 9.59 Å². The summed E-state index contributed by atoms with van der Waals surface area (Å²) in [6.45, 7) is 3.22. The molecule has 1 aromatic heterocycles. The van der Waals surface area contributed by atoms with Crippen LogP contribution in [0.15, 0.2) is 75.9 Å². The summed E-state index contributed by atoms with van der Waals surface area (Å²) in [6, 6.07) is 16.2. The van der Waals surface area contributed by atoms with Crippen LogP contribution in [0.5, 0.6) is 5.75 Å². The van der Waals surface area contributed by atoms with Crippen LogP contribution < -0.4 is 15.5 Å². The quantitative estimate of drug-likeness (QED) is 0.325. The first-order chi connectivity index (χ1) is 16.5. The largest absolute Gasteiger partial charge is 0.473 e. The van der Waals surface area contributed by atoms with Gasteiger partial charge in [0.25, 0.3) is 5.91 Å². The van der Waals surface area contributed by atoms with E-state index in [9.17, 15) is 22.8 Å². The van der Waals surface area contributed by atoms with Gasteiger partial charge >= 0.3 is 6.18 Å². The number of carbonyl (C=O) groups is 1. The molecule has 0 spiro atoms. The predicted octanol–water partition coefficient (Wildman–Crippen LogP) is 6.85. The highest BCUT2D eigenvalue weighted by Crippen LogP contribution is 2.35. The second-order valence-corrected chi connectivity index (χ2v) is 8.33. The number of ether oxygens (including phenoxy) is 1. The summed E-state index contributed by atoms with van der Waals surface area (Å²) in [6.07, 6.45) is -5.99. The standard InChI is InChI=1S/C26H19ClF3NO4/c1-14-7-9-16(10-8-14)23-24(22(32)18-13-17(27)11-12-21(18)35-23)34-15(2)25(33)31-20-6-4-3-5-19(20)26(28,29)30/h3-13,15H,1-2H3,(H,31,33)/t15-/m1/s1. The summed E-state index contributed by atoms with van der Waals surface area (Å²) in [5.74, 6) is -1.04. The van der Waals surface area contributed by atoms with Crippen molar-refractivity contribution in [1.82, 2.24) is 0 Å². The zero-order valence-electron chi connectivity index (χ0n) is 18.6. The van der Waals surface area contributed by atoms with Crippen LogP contribution in [0.1, 0.15) is 18.1 Å². The molecule has 0 unspecified atom stereocenters. The molecule has 0 aliphatic rings. The third kappa shape index (κ3) is 5.17. The highest BCUT2D eigenvalue weighted by atomic mass is 35.5. The number of amides is 1. The zero-order chi connectivity index (χ0) is 25.3. The Labute approximate surface area is 203 Å². The fraction of sp³-hybridized carbons (Fsp3) is 0.154. The van der Waals surface area contributed by atoms with Crippen LogP contribution in [-0.4, -0.2) is 12.0 Å².